The molecule has 3 saturated heterocycles. The van der Waals surface area contributed by atoms with Gasteiger partial charge in [-0.2, -0.15) is 0 Å². The molecule has 29 unspecified atom stereocenters. The molecule has 0 aromatic heterocycles. The maximum Gasteiger partial charge on any atom is 0.188 e. The van der Waals surface area contributed by atoms with Crippen molar-refractivity contribution >= 4 is 126 Å². The van der Waals surface area contributed by atoms with E-state index in [4.69, 9.17) is 68.9 Å². The Bertz CT molecular complexity index is 888. The highest BCUT2D eigenvalue weighted by Crippen LogP contribution is 2.44. The molecule has 3 heterocycles. The molecule has 0 aromatic carbocycles. The van der Waals surface area contributed by atoms with Crippen molar-refractivity contribution in [2.24, 2.45) is 0 Å². The summed E-state index contributed by atoms with van der Waals surface area (Å²) in [4.78, 5) is 0. The fourth-order valence-electron chi connectivity index (χ4n) is 5.71. The van der Waals surface area contributed by atoms with Gasteiger partial charge in [0.15, 0.2) is 12.6 Å². The minimum atomic E-state index is -1.08. The van der Waals surface area contributed by atoms with E-state index in [0.717, 1.165) is 0 Å². The summed E-state index contributed by atoms with van der Waals surface area (Å²) < 4.78 is 91.4. The first-order valence-electron chi connectivity index (χ1n) is 14.1. The molecule has 29 heteroatoms. The summed E-state index contributed by atoms with van der Waals surface area (Å²) in [6.45, 7) is 2.50. The van der Waals surface area contributed by atoms with E-state index in [-0.39, 0.29) is 53.8 Å². The van der Waals surface area contributed by atoms with Gasteiger partial charge in [0, 0.05) is 90.8 Å². The summed E-state index contributed by atoms with van der Waals surface area (Å²) in [6.07, 6.45) is -10.2. The molecule has 29 atom stereocenters. The van der Waals surface area contributed by atoms with E-state index in [0.29, 0.717) is 0 Å². The number of rotatable bonds is 21. The van der Waals surface area contributed by atoms with E-state index in [2.05, 4.69) is 92.5 Å². The summed E-state index contributed by atoms with van der Waals surface area (Å²) in [5, 5.41) is 0. The third-order valence-corrected chi connectivity index (χ3v) is 12.6. The van der Waals surface area contributed by atoms with Crippen LogP contribution in [0.3, 0.4) is 0 Å². The zero-order valence-corrected chi connectivity index (χ0v) is 41.2. The van der Waals surface area contributed by atoms with Crippen molar-refractivity contribution in [3.8, 4) is 0 Å². The standard InChI is InChI=1S/C19H48O15P14/c1-5-9(13(30-39)10(28-37)6(23-5)2-20-35)26-18-16(14(31-40)11(29-38)7(24-18)3-21-36)27-19-17(34-48-44)15(33-47-43)12(32-46-42)8(25-19)4-22-45-41/h5-19,45-48H,2-4,35-44H2,1H3. The van der Waals surface area contributed by atoms with E-state index >= 15 is 0 Å². The predicted octanol–water partition coefficient (Wildman–Crippen LogP) is 4.02. The van der Waals surface area contributed by atoms with Crippen LogP contribution in [-0.4, -0.2) is 112 Å². The van der Waals surface area contributed by atoms with Gasteiger partial charge in [-0.15, -0.1) is 0 Å². The average molecular weight is 950 g/mol. The molecule has 0 saturated carbocycles. The van der Waals surface area contributed by atoms with Crippen molar-refractivity contribution < 1.29 is 68.9 Å². The van der Waals surface area contributed by atoms with E-state index in [9.17, 15) is 0 Å². The molecule has 0 N–H and O–H groups in total. The zero-order chi connectivity index (χ0) is 35.2. The van der Waals surface area contributed by atoms with Gasteiger partial charge < -0.3 is 68.9 Å². The van der Waals surface area contributed by atoms with Gasteiger partial charge in [-0.1, -0.05) is 35.7 Å². The Hall–Kier alpha value is 5.42. The lowest BCUT2D eigenvalue weighted by atomic mass is 9.94. The fourth-order valence-corrected chi connectivity index (χ4v) is 10.6. The first kappa shape index (κ1) is 47.8. The van der Waals surface area contributed by atoms with Gasteiger partial charge in [-0.3, -0.25) is 0 Å². The second-order valence-electron chi connectivity index (χ2n) is 10.3. The minimum Gasteiger partial charge on any atom is -0.367 e. The molecule has 0 spiro atoms. The highest BCUT2D eigenvalue weighted by molar-refractivity contribution is 8.01. The van der Waals surface area contributed by atoms with Crippen LogP contribution < -0.4 is 0 Å². The van der Waals surface area contributed by atoms with Gasteiger partial charge in [0.2, 0.25) is 0 Å². The van der Waals surface area contributed by atoms with Gasteiger partial charge in [0.1, 0.15) is 73.2 Å². The Kier molecular flexibility index (Phi) is 26.3. The second kappa shape index (κ2) is 26.4. The van der Waals surface area contributed by atoms with Gasteiger partial charge in [0.25, 0.3) is 0 Å². The normalized spacial score (nSPS) is 41.7. The van der Waals surface area contributed by atoms with Gasteiger partial charge in [-0.25, -0.2) is 0 Å². The number of hydrogen-bond donors (Lipinski definition) is 0. The molecule has 3 fully saturated rings. The highest BCUT2D eigenvalue weighted by Gasteiger charge is 2.56. The molecular formula is C19H48O15P14. The van der Waals surface area contributed by atoms with Crippen molar-refractivity contribution in [3.63, 3.8) is 0 Å². The third-order valence-electron chi connectivity index (χ3n) is 7.72. The largest absolute Gasteiger partial charge is 0.367 e. The molecule has 0 radical (unpaired) electrons. The predicted molar refractivity (Wildman–Crippen MR) is 224 cm³/mol. The quantitative estimate of drug-likeness (QED) is 0.153. The first-order chi connectivity index (χ1) is 23.3. The Labute approximate surface area is 312 Å². The molecule has 3 rings (SSSR count). The Morgan fingerprint density at radius 3 is 1.40 bits per heavy atom. The lowest BCUT2D eigenvalue weighted by molar-refractivity contribution is -0.370. The molecule has 0 amide bonds. The van der Waals surface area contributed by atoms with Gasteiger partial charge in [-0.05, 0) is 6.92 Å². The van der Waals surface area contributed by atoms with Crippen LogP contribution >= 0.6 is 126 Å². The van der Waals surface area contributed by atoms with Crippen molar-refractivity contribution in [1.29, 1.82) is 0 Å². The van der Waals surface area contributed by atoms with Crippen molar-refractivity contribution in [1.82, 2.24) is 0 Å². The summed E-state index contributed by atoms with van der Waals surface area (Å²) in [5.41, 5.74) is 0. The molecule has 284 valence electrons. The second-order valence-corrected chi connectivity index (χ2v) is 16.8. The summed E-state index contributed by atoms with van der Waals surface area (Å²) in [7, 11) is 24.2. The van der Waals surface area contributed by atoms with Crippen LogP contribution in [0.2, 0.25) is 0 Å². The fraction of sp³-hybridized carbons (Fsp3) is 1.00. The SMILES string of the molecule is CC1OC(COP)C(OP)C(OP)C1OC1OC(COP)C(OP)C(OP)C1OC1OC(COPP)C(OPP)C(OPP)C1OPP. The lowest BCUT2D eigenvalue weighted by Gasteiger charge is -2.51. The average Bonchev–Trinajstić information content (AvgIpc) is 3.08. The van der Waals surface area contributed by atoms with Crippen LogP contribution in [0.1, 0.15) is 6.92 Å². The molecule has 3 aliphatic rings. The first-order valence-corrected chi connectivity index (χ1v) is 27.8. The Morgan fingerprint density at radius 1 is 0.458 bits per heavy atom. The Balaban J connectivity index is 2.04. The van der Waals surface area contributed by atoms with Crippen molar-refractivity contribution in [3.05, 3.63) is 0 Å². The number of ether oxygens (including phenoxy) is 5. The monoisotopic (exact) mass is 950 g/mol. The molecular weight excluding hydrogens is 902 g/mol. The van der Waals surface area contributed by atoms with Crippen LogP contribution in [0, 0.1) is 0 Å². The van der Waals surface area contributed by atoms with E-state index in [1.807, 2.05) is 6.92 Å². The van der Waals surface area contributed by atoms with Crippen LogP contribution in [0.15, 0.2) is 0 Å². The topological polar surface area (TPSA) is 138 Å². The van der Waals surface area contributed by atoms with Gasteiger partial charge in [0.05, 0.1) is 25.9 Å². The minimum absolute atomic E-state index is 0.00556. The van der Waals surface area contributed by atoms with Gasteiger partial charge >= 0.3 is 0 Å². The third kappa shape index (κ3) is 13.0. The zero-order valence-electron chi connectivity index (χ0n) is 25.7. The summed E-state index contributed by atoms with van der Waals surface area (Å²) >= 11 is 0. The summed E-state index contributed by atoms with van der Waals surface area (Å²) in [5.74, 6) is 0. The van der Waals surface area contributed by atoms with E-state index < -0.39 is 91.9 Å². The van der Waals surface area contributed by atoms with Crippen molar-refractivity contribution in [2.45, 2.75) is 98.9 Å². The van der Waals surface area contributed by atoms with E-state index in [1.54, 1.807) is 0 Å². The molecule has 0 bridgehead atoms. The number of hydrogen-bond acceptors (Lipinski definition) is 15. The lowest BCUT2D eigenvalue weighted by Crippen LogP contribution is -2.67. The molecule has 3 aliphatic heterocycles. The molecule has 0 aromatic rings. The maximum absolute atomic E-state index is 6.82. The van der Waals surface area contributed by atoms with Crippen LogP contribution in [-0.2, 0) is 68.9 Å². The van der Waals surface area contributed by atoms with Crippen molar-refractivity contribution in [2.75, 3.05) is 19.8 Å². The summed E-state index contributed by atoms with van der Waals surface area (Å²) in [6, 6.07) is 0. The highest BCUT2D eigenvalue weighted by atomic mass is 32.0. The van der Waals surface area contributed by atoms with Crippen LogP contribution in [0.4, 0.5) is 0 Å². The molecule has 0 aliphatic carbocycles. The Morgan fingerprint density at radius 2 is 0.896 bits per heavy atom. The van der Waals surface area contributed by atoms with Crippen LogP contribution in [0.5, 0.6) is 0 Å². The maximum atomic E-state index is 6.82. The van der Waals surface area contributed by atoms with E-state index in [1.165, 1.54) is 0 Å². The molecule has 48 heavy (non-hydrogen) atoms. The molecule has 15 nitrogen and oxygen atoms in total. The van der Waals surface area contributed by atoms with Crippen LogP contribution in [0.25, 0.3) is 0 Å². The smallest absolute Gasteiger partial charge is 0.188 e.